The maximum Gasteiger partial charge on any atom is 0.254 e. The van der Waals surface area contributed by atoms with Crippen LogP contribution in [0.2, 0.25) is 0 Å². The number of fused-ring (bicyclic) bond motifs is 1. The molecule has 4 heteroatoms. The zero-order valence-electron chi connectivity index (χ0n) is 12.6. The Morgan fingerprint density at radius 1 is 1.43 bits per heavy atom. The zero-order valence-corrected chi connectivity index (χ0v) is 12.6. The van der Waals surface area contributed by atoms with Gasteiger partial charge in [0, 0.05) is 24.2 Å². The molecule has 1 atom stereocenters. The second-order valence-corrected chi connectivity index (χ2v) is 6.32. The van der Waals surface area contributed by atoms with Crippen LogP contribution in [0.1, 0.15) is 29.4 Å². The minimum atomic E-state index is 0.0491. The number of likely N-dealkylation sites (tertiary alicyclic amines) is 1. The zero-order chi connectivity index (χ0) is 15.0. The molecule has 2 aromatic rings. The summed E-state index contributed by atoms with van der Waals surface area (Å²) in [5.41, 5.74) is 8.38. The largest absolute Gasteiger partial charge is 0.338 e. The van der Waals surface area contributed by atoms with Crippen molar-refractivity contribution in [2.45, 2.75) is 20.3 Å². The number of amides is 1. The predicted octanol–water partition coefficient (Wildman–Crippen LogP) is 2.35. The van der Waals surface area contributed by atoms with Crippen LogP contribution in [0.15, 0.2) is 30.3 Å². The summed E-state index contributed by atoms with van der Waals surface area (Å²) in [6.45, 7) is 6.21. The first kappa shape index (κ1) is 14.0. The molecule has 2 heterocycles. The van der Waals surface area contributed by atoms with E-state index in [4.69, 9.17) is 5.73 Å². The summed E-state index contributed by atoms with van der Waals surface area (Å²) in [6.07, 6.45) is 0.969. The number of nitrogens with zero attached hydrogens (tertiary/aromatic N) is 2. The Kier molecular flexibility index (Phi) is 3.41. The highest BCUT2D eigenvalue weighted by Crippen LogP contribution is 2.30. The second-order valence-electron chi connectivity index (χ2n) is 6.32. The molecular weight excluding hydrogens is 262 g/mol. The van der Waals surface area contributed by atoms with Gasteiger partial charge in [0.1, 0.15) is 0 Å². The van der Waals surface area contributed by atoms with E-state index in [1.807, 2.05) is 42.2 Å². The van der Waals surface area contributed by atoms with Crippen molar-refractivity contribution >= 4 is 16.8 Å². The Morgan fingerprint density at radius 2 is 2.19 bits per heavy atom. The number of para-hydroxylation sites is 1. The maximum atomic E-state index is 12.9. The van der Waals surface area contributed by atoms with Crippen LogP contribution in [-0.2, 0) is 0 Å². The molecule has 0 spiro atoms. The number of carbonyl (C=O) groups excluding carboxylic acids is 1. The Morgan fingerprint density at radius 3 is 2.90 bits per heavy atom. The van der Waals surface area contributed by atoms with Gasteiger partial charge >= 0.3 is 0 Å². The van der Waals surface area contributed by atoms with E-state index in [1.54, 1.807) is 0 Å². The van der Waals surface area contributed by atoms with E-state index in [2.05, 4.69) is 11.9 Å². The lowest BCUT2D eigenvalue weighted by Crippen LogP contribution is -2.34. The fourth-order valence-corrected chi connectivity index (χ4v) is 3.02. The van der Waals surface area contributed by atoms with Crippen LogP contribution in [0.5, 0.6) is 0 Å². The quantitative estimate of drug-likeness (QED) is 0.920. The first-order valence-electron chi connectivity index (χ1n) is 7.38. The van der Waals surface area contributed by atoms with Crippen LogP contribution in [0.25, 0.3) is 10.9 Å². The summed E-state index contributed by atoms with van der Waals surface area (Å²) in [5.74, 6) is 0.0916. The van der Waals surface area contributed by atoms with E-state index in [0.29, 0.717) is 6.54 Å². The van der Waals surface area contributed by atoms with E-state index in [9.17, 15) is 4.79 Å². The Bertz CT molecular complexity index is 697. The maximum absolute atomic E-state index is 12.9. The number of pyridine rings is 1. The van der Waals surface area contributed by atoms with Crippen molar-refractivity contribution in [3.05, 3.63) is 41.6 Å². The fourth-order valence-electron chi connectivity index (χ4n) is 3.02. The average molecular weight is 283 g/mol. The molecule has 1 aliphatic heterocycles. The normalized spacial score (nSPS) is 22.0. The van der Waals surface area contributed by atoms with E-state index >= 15 is 0 Å². The van der Waals surface area contributed by atoms with Crippen LogP contribution < -0.4 is 5.73 Å². The predicted molar refractivity (Wildman–Crippen MR) is 84.2 cm³/mol. The summed E-state index contributed by atoms with van der Waals surface area (Å²) in [4.78, 5) is 19.3. The number of aryl methyl sites for hydroxylation is 1. The topological polar surface area (TPSA) is 59.2 Å². The third kappa shape index (κ3) is 2.51. The molecule has 1 aromatic carbocycles. The third-order valence-electron chi connectivity index (χ3n) is 4.41. The lowest BCUT2D eigenvalue weighted by Gasteiger charge is -2.23. The minimum absolute atomic E-state index is 0.0491. The smallest absolute Gasteiger partial charge is 0.254 e. The van der Waals surface area contributed by atoms with E-state index < -0.39 is 0 Å². The summed E-state index contributed by atoms with van der Waals surface area (Å²) in [7, 11) is 0. The molecule has 1 amide bonds. The molecule has 0 radical (unpaired) electrons. The Balaban J connectivity index is 1.99. The molecule has 3 rings (SSSR count). The summed E-state index contributed by atoms with van der Waals surface area (Å²) in [5, 5.41) is 0.925. The Hall–Kier alpha value is -1.94. The third-order valence-corrected chi connectivity index (χ3v) is 4.41. The fraction of sp³-hybridized carbons (Fsp3) is 0.412. The minimum Gasteiger partial charge on any atom is -0.338 e. The van der Waals surface area contributed by atoms with Gasteiger partial charge in [-0.2, -0.15) is 0 Å². The van der Waals surface area contributed by atoms with Crippen LogP contribution in [0.4, 0.5) is 0 Å². The van der Waals surface area contributed by atoms with Crippen molar-refractivity contribution in [3.8, 4) is 0 Å². The monoisotopic (exact) mass is 283 g/mol. The molecule has 1 unspecified atom stereocenters. The van der Waals surface area contributed by atoms with Gasteiger partial charge in [-0.15, -0.1) is 0 Å². The number of carbonyl (C=O) groups is 1. The first-order valence-corrected chi connectivity index (χ1v) is 7.38. The first-order chi connectivity index (χ1) is 10.0. The van der Waals surface area contributed by atoms with Gasteiger partial charge in [-0.3, -0.25) is 9.78 Å². The lowest BCUT2D eigenvalue weighted by molar-refractivity contribution is 0.0778. The highest BCUT2D eigenvalue weighted by atomic mass is 16.2. The standard InChI is InChI=1S/C17H21N3O/c1-12-9-14(13-5-3-4-6-15(13)19-12)16(21)20-8-7-17(2,10-18)11-20/h3-6,9H,7-8,10-11,18H2,1-2H3. The number of rotatable bonds is 2. The molecule has 2 N–H and O–H groups in total. The molecule has 4 nitrogen and oxygen atoms in total. The van der Waals surface area contributed by atoms with Gasteiger partial charge in [-0.25, -0.2) is 0 Å². The molecule has 110 valence electrons. The molecule has 0 bridgehead atoms. The summed E-state index contributed by atoms with van der Waals surface area (Å²) >= 11 is 0. The SMILES string of the molecule is Cc1cc(C(=O)N2CCC(C)(CN)C2)c2ccccc2n1. The molecular formula is C17H21N3O. The molecule has 0 aliphatic carbocycles. The van der Waals surface area contributed by atoms with Crippen molar-refractivity contribution in [2.75, 3.05) is 19.6 Å². The van der Waals surface area contributed by atoms with Gasteiger partial charge in [0.2, 0.25) is 0 Å². The van der Waals surface area contributed by atoms with Crippen molar-refractivity contribution in [1.29, 1.82) is 0 Å². The van der Waals surface area contributed by atoms with Gasteiger partial charge < -0.3 is 10.6 Å². The summed E-state index contributed by atoms with van der Waals surface area (Å²) in [6, 6.07) is 9.71. The highest BCUT2D eigenvalue weighted by Gasteiger charge is 2.35. The molecule has 1 aromatic heterocycles. The number of benzene rings is 1. The van der Waals surface area contributed by atoms with Gasteiger partial charge in [-0.05, 0) is 37.4 Å². The van der Waals surface area contributed by atoms with Gasteiger partial charge in [0.05, 0.1) is 11.1 Å². The van der Waals surface area contributed by atoms with E-state index in [0.717, 1.165) is 41.7 Å². The number of aromatic nitrogens is 1. The average Bonchev–Trinajstić information content (AvgIpc) is 2.89. The number of hydrogen-bond acceptors (Lipinski definition) is 3. The van der Waals surface area contributed by atoms with Crippen LogP contribution >= 0.6 is 0 Å². The van der Waals surface area contributed by atoms with Crippen LogP contribution in [0.3, 0.4) is 0 Å². The molecule has 1 fully saturated rings. The summed E-state index contributed by atoms with van der Waals surface area (Å²) < 4.78 is 0. The van der Waals surface area contributed by atoms with Gasteiger partial charge in [0.25, 0.3) is 5.91 Å². The van der Waals surface area contributed by atoms with E-state index in [-0.39, 0.29) is 11.3 Å². The molecule has 21 heavy (non-hydrogen) atoms. The van der Waals surface area contributed by atoms with Gasteiger partial charge in [0.15, 0.2) is 0 Å². The molecule has 1 saturated heterocycles. The highest BCUT2D eigenvalue weighted by molar-refractivity contribution is 6.06. The number of hydrogen-bond donors (Lipinski definition) is 1. The molecule has 0 saturated carbocycles. The van der Waals surface area contributed by atoms with Crippen molar-refractivity contribution in [3.63, 3.8) is 0 Å². The van der Waals surface area contributed by atoms with Crippen molar-refractivity contribution in [2.24, 2.45) is 11.1 Å². The van der Waals surface area contributed by atoms with Crippen molar-refractivity contribution < 1.29 is 4.79 Å². The van der Waals surface area contributed by atoms with Crippen molar-refractivity contribution in [1.82, 2.24) is 9.88 Å². The lowest BCUT2D eigenvalue weighted by atomic mass is 9.90. The van der Waals surface area contributed by atoms with Crippen LogP contribution in [-0.4, -0.2) is 35.4 Å². The van der Waals surface area contributed by atoms with E-state index in [1.165, 1.54) is 0 Å². The van der Waals surface area contributed by atoms with Gasteiger partial charge in [-0.1, -0.05) is 25.1 Å². The Labute approximate surface area is 125 Å². The number of nitrogens with two attached hydrogens (primary N) is 1. The molecule has 1 aliphatic rings. The second kappa shape index (κ2) is 5.11. The van der Waals surface area contributed by atoms with Crippen LogP contribution in [0, 0.1) is 12.3 Å².